The Morgan fingerprint density at radius 2 is 0.536 bits per heavy atom. The van der Waals surface area contributed by atoms with Crippen molar-refractivity contribution in [3.8, 4) is 34.5 Å². The summed E-state index contributed by atoms with van der Waals surface area (Å²) in [5.74, 6) is 5.66. The monoisotopic (exact) mass is 1140 g/mol. The van der Waals surface area contributed by atoms with E-state index >= 15 is 0 Å². The Bertz CT molecular complexity index is 3170. The average Bonchev–Trinajstić information content (AvgIpc) is 1.48. The van der Waals surface area contributed by atoms with Crippen LogP contribution < -0.4 is 44.4 Å². The second kappa shape index (κ2) is 24.4. The topological polar surface area (TPSA) is 91.5 Å². The van der Waals surface area contributed by atoms with Crippen LogP contribution in [-0.4, -0.2) is 67.1 Å². The summed E-state index contributed by atoms with van der Waals surface area (Å²) in [5.41, 5.74) is 20.2. The second-order valence-corrected chi connectivity index (χ2v) is 29.7. The molecule has 3 N–H and O–H groups in total. The third kappa shape index (κ3) is 14.0. The molecule has 3 heterocycles. The number of fused-ring (bicyclic) bond motifs is 15. The van der Waals surface area contributed by atoms with Gasteiger partial charge < -0.3 is 28.4 Å². The molecule has 0 radical (unpaired) electrons. The Labute approximate surface area is 505 Å². The van der Waals surface area contributed by atoms with Crippen LogP contribution in [0.15, 0.2) is 72.8 Å². The number of nitrogens with one attached hydrogen (secondary N) is 3. The van der Waals surface area contributed by atoms with E-state index in [0.717, 1.165) is 101 Å². The Balaban J connectivity index is 1.46. The molecule has 0 spiro atoms. The van der Waals surface area contributed by atoms with Gasteiger partial charge in [0.05, 0.1) is 21.3 Å². The van der Waals surface area contributed by atoms with Gasteiger partial charge in [-0.1, -0.05) is 190 Å². The van der Waals surface area contributed by atoms with Crippen molar-refractivity contribution >= 4 is 0 Å². The maximum absolute atomic E-state index is 7.31. The summed E-state index contributed by atoms with van der Waals surface area (Å²) in [4.78, 5) is 0. The van der Waals surface area contributed by atoms with Crippen LogP contribution in [0.1, 0.15) is 224 Å². The zero-order valence-electron chi connectivity index (χ0n) is 55.0. The van der Waals surface area contributed by atoms with Gasteiger partial charge in [-0.3, -0.25) is 16.0 Å². The Morgan fingerprint density at radius 1 is 0.333 bits per heavy atom. The summed E-state index contributed by atoms with van der Waals surface area (Å²) < 4.78 is 42.1. The van der Waals surface area contributed by atoms with E-state index in [2.05, 4.69) is 206 Å². The fourth-order valence-electron chi connectivity index (χ4n) is 12.5. The van der Waals surface area contributed by atoms with Crippen molar-refractivity contribution in [2.45, 2.75) is 196 Å². The molecule has 452 valence electrons. The highest BCUT2D eigenvalue weighted by atomic mass is 16.5. The predicted octanol–water partition coefficient (Wildman–Crippen LogP) is 15.4. The maximum atomic E-state index is 7.31. The van der Waals surface area contributed by atoms with Crippen LogP contribution >= 0.6 is 0 Å². The van der Waals surface area contributed by atoms with Crippen LogP contribution in [0.2, 0.25) is 0 Å². The fourth-order valence-corrected chi connectivity index (χ4v) is 12.5. The lowest BCUT2D eigenvalue weighted by Gasteiger charge is -2.29. The molecule has 10 bridgehead atoms. The average molecular weight is 1140 g/mol. The molecular formula is C75H101N3O6. The van der Waals surface area contributed by atoms with Crippen molar-refractivity contribution in [1.29, 1.82) is 0 Å². The van der Waals surface area contributed by atoms with Crippen LogP contribution in [0.5, 0.6) is 34.5 Å². The molecule has 9 rings (SSSR count). The molecule has 9 nitrogen and oxygen atoms in total. The summed E-state index contributed by atoms with van der Waals surface area (Å²) in [6.45, 7) is 42.4. The highest BCUT2D eigenvalue weighted by Gasteiger charge is 2.31. The molecule has 0 aromatic heterocycles. The van der Waals surface area contributed by atoms with E-state index in [-0.39, 0.29) is 39.3 Å². The quantitative estimate of drug-likeness (QED) is 0.159. The lowest BCUT2D eigenvalue weighted by molar-refractivity contribution is 0.243. The summed E-state index contributed by atoms with van der Waals surface area (Å²) in [6.07, 6.45) is 3.31. The Morgan fingerprint density at radius 3 is 0.726 bits per heavy atom. The van der Waals surface area contributed by atoms with Gasteiger partial charge in [0.25, 0.3) is 0 Å². The van der Waals surface area contributed by atoms with Gasteiger partial charge in [-0.15, -0.1) is 0 Å². The smallest absolute Gasteiger partial charge is 0.126 e. The molecule has 6 aromatic rings. The standard InChI is InChI=1S/C75H101N3O6/c1-45(2)46-27-47-29-53-39-61(73(9,10)11)41-55-31-49-35-59(71(3,4)5)37-51(65(49)80-19)33-57-43-63(75(15,16)17)44-58-34-52-38-60(72(6,7)8)36-50(66(52)81-20)32-56-42-62(74(12,13)14)40-54(30-48(28-46)64(47)79-18)68(56)83-25-22-77-70(76-21-24-82-67(53)55)78-23-26-84-69(57)58/h27-28,35-45,70,76-78H,21-26,29-34H2,1-20H3. The first-order valence-electron chi connectivity index (χ1n) is 31.1. The van der Waals surface area contributed by atoms with Crippen molar-refractivity contribution in [3.05, 3.63) is 173 Å². The van der Waals surface area contributed by atoms with Gasteiger partial charge in [0.1, 0.15) is 60.6 Å². The maximum Gasteiger partial charge on any atom is 0.126 e. The fraction of sp³-hybridized carbons (Fsp3) is 0.520. The minimum Gasteiger partial charge on any atom is -0.496 e. The number of benzene rings is 6. The van der Waals surface area contributed by atoms with Crippen molar-refractivity contribution in [2.75, 3.05) is 60.8 Å². The van der Waals surface area contributed by atoms with E-state index in [1.54, 1.807) is 0 Å². The first-order chi connectivity index (χ1) is 39.4. The van der Waals surface area contributed by atoms with Crippen LogP contribution in [0.3, 0.4) is 0 Å². The van der Waals surface area contributed by atoms with E-state index in [9.17, 15) is 0 Å². The molecule has 0 fully saturated rings. The highest BCUT2D eigenvalue weighted by molar-refractivity contribution is 5.61. The summed E-state index contributed by atoms with van der Waals surface area (Å²) >= 11 is 0. The van der Waals surface area contributed by atoms with Gasteiger partial charge in [-0.25, -0.2) is 0 Å². The number of methoxy groups -OCH3 is 3. The molecular weight excluding hydrogens is 1040 g/mol. The zero-order valence-corrected chi connectivity index (χ0v) is 55.0. The highest BCUT2D eigenvalue weighted by Crippen LogP contribution is 2.46. The van der Waals surface area contributed by atoms with E-state index < -0.39 is 0 Å². The molecule has 6 aromatic carbocycles. The Hall–Kier alpha value is -6.00. The van der Waals surface area contributed by atoms with Crippen LogP contribution in [0, 0.1) is 0 Å². The second-order valence-electron chi connectivity index (χ2n) is 29.7. The number of rotatable bonds is 4. The molecule has 9 heteroatoms. The van der Waals surface area contributed by atoms with E-state index in [4.69, 9.17) is 28.4 Å². The first-order valence-corrected chi connectivity index (χ1v) is 31.1. The molecule has 3 aliphatic heterocycles. The lowest BCUT2D eigenvalue weighted by atomic mass is 9.79. The lowest BCUT2D eigenvalue weighted by Crippen LogP contribution is -2.55. The predicted molar refractivity (Wildman–Crippen MR) is 347 cm³/mol. The number of hydrogen-bond acceptors (Lipinski definition) is 9. The molecule has 0 unspecified atom stereocenters. The summed E-state index contributed by atoms with van der Waals surface area (Å²) in [5, 5.41) is 11.5. The number of ether oxygens (including phenoxy) is 6. The number of hydrogen-bond donors (Lipinski definition) is 3. The van der Waals surface area contributed by atoms with Crippen molar-refractivity contribution in [3.63, 3.8) is 0 Å². The SMILES string of the molecule is COc1c2cc(C(C)C)cc1Cc1cc(C(C)(C)C)cc3c1OCCNC1NCCOc4c(cc(C(C)(C)C)cc4Cc4cc(C(C)(C)C)cc(c4OC)Cc4cc(C(C)(C)C)cc(c4OCCN1)Cc1cc(C(C)(C)C)cc(c1OC)C3)C2. The normalized spacial score (nSPS) is 16.0. The molecule has 84 heavy (non-hydrogen) atoms. The van der Waals surface area contributed by atoms with Gasteiger partial charge in [0.2, 0.25) is 0 Å². The Kier molecular flexibility index (Phi) is 18.2. The van der Waals surface area contributed by atoms with Crippen LogP contribution in [-0.2, 0) is 65.6 Å². The molecule has 0 aliphatic carbocycles. The molecule has 0 saturated carbocycles. The van der Waals surface area contributed by atoms with E-state index in [1.807, 2.05) is 21.3 Å². The molecule has 0 amide bonds. The molecule has 3 aliphatic rings. The minimum atomic E-state index is -0.276. The van der Waals surface area contributed by atoms with Gasteiger partial charge >= 0.3 is 0 Å². The summed E-state index contributed by atoms with van der Waals surface area (Å²) in [6, 6.07) is 28.8. The third-order valence-corrected chi connectivity index (χ3v) is 17.5. The third-order valence-electron chi connectivity index (χ3n) is 17.5. The van der Waals surface area contributed by atoms with E-state index in [0.29, 0.717) is 78.0 Å². The molecule has 0 atom stereocenters. The van der Waals surface area contributed by atoms with Crippen LogP contribution in [0.4, 0.5) is 0 Å². The van der Waals surface area contributed by atoms with Gasteiger partial charge in [0.15, 0.2) is 0 Å². The van der Waals surface area contributed by atoms with Crippen LogP contribution in [0.25, 0.3) is 0 Å². The van der Waals surface area contributed by atoms with Gasteiger partial charge in [-0.2, -0.15) is 0 Å². The van der Waals surface area contributed by atoms with Gasteiger partial charge in [0, 0.05) is 58.2 Å². The van der Waals surface area contributed by atoms with Crippen molar-refractivity contribution in [2.24, 2.45) is 0 Å². The van der Waals surface area contributed by atoms with Crippen molar-refractivity contribution < 1.29 is 28.4 Å². The molecule has 0 saturated heterocycles. The largest absolute Gasteiger partial charge is 0.496 e. The van der Waals surface area contributed by atoms with Crippen molar-refractivity contribution in [1.82, 2.24) is 16.0 Å². The zero-order chi connectivity index (χ0) is 60.8. The minimum absolute atomic E-state index is 0.170. The first kappa shape index (κ1) is 62.5. The summed E-state index contributed by atoms with van der Waals surface area (Å²) in [7, 11) is 5.53. The van der Waals surface area contributed by atoms with E-state index in [1.165, 1.54) is 33.4 Å². The van der Waals surface area contributed by atoms with Gasteiger partial charge in [-0.05, 0) is 133 Å².